The predicted molar refractivity (Wildman–Crippen MR) is 106 cm³/mol. The van der Waals surface area contributed by atoms with Crippen LogP contribution < -0.4 is 5.32 Å². The number of hydrogen-bond acceptors (Lipinski definition) is 5. The van der Waals surface area contributed by atoms with Crippen LogP contribution >= 0.6 is 7.82 Å². The molecule has 0 saturated heterocycles. The fraction of sp³-hybridized carbons (Fsp3) is 0.579. The highest BCUT2D eigenvalue weighted by molar-refractivity contribution is 7.46. The van der Waals surface area contributed by atoms with E-state index in [0.29, 0.717) is 32.4 Å². The van der Waals surface area contributed by atoms with Gasteiger partial charge in [-0.3, -0.25) is 9.32 Å². The standard InChI is InChI=1S/C19H29N2O6P/c1-3-6-16-13-15(2)17(7-4-10-20-14-22)18(16)8-9-19(23)21-11-5-12-27-28(24,25)26/h3,6,13,17-18H,2,4-5,7-12H2,1H3,(H,21,23)(H2,24,25,26)/b6-3-. The molecule has 0 aromatic rings. The number of allylic oxidation sites excluding steroid dienone is 5. The zero-order valence-corrected chi connectivity index (χ0v) is 17.1. The van der Waals surface area contributed by atoms with Crippen LogP contribution in [0.3, 0.4) is 0 Å². The van der Waals surface area contributed by atoms with Crippen molar-refractivity contribution >= 4 is 19.8 Å². The summed E-state index contributed by atoms with van der Waals surface area (Å²) in [6.07, 6.45) is 10.5. The van der Waals surface area contributed by atoms with Crippen LogP contribution in [0, 0.1) is 11.8 Å². The summed E-state index contributed by atoms with van der Waals surface area (Å²) in [7, 11) is -4.46. The topological polar surface area (TPSA) is 125 Å². The van der Waals surface area contributed by atoms with Gasteiger partial charge in [0.1, 0.15) is 0 Å². The van der Waals surface area contributed by atoms with Crippen LogP contribution in [0.5, 0.6) is 0 Å². The first-order valence-electron chi connectivity index (χ1n) is 9.32. The molecule has 1 aliphatic rings. The lowest BCUT2D eigenvalue weighted by Gasteiger charge is -2.22. The van der Waals surface area contributed by atoms with Crippen LogP contribution in [-0.4, -0.2) is 41.5 Å². The van der Waals surface area contributed by atoms with Crippen molar-refractivity contribution in [1.29, 1.82) is 0 Å². The van der Waals surface area contributed by atoms with Gasteiger partial charge >= 0.3 is 7.82 Å². The van der Waals surface area contributed by atoms with Crippen LogP contribution in [0.1, 0.15) is 39.0 Å². The Labute approximate surface area is 165 Å². The van der Waals surface area contributed by atoms with Gasteiger partial charge in [-0.25, -0.2) is 14.4 Å². The highest BCUT2D eigenvalue weighted by atomic mass is 31.2. The van der Waals surface area contributed by atoms with E-state index in [9.17, 15) is 14.2 Å². The Morgan fingerprint density at radius 3 is 2.79 bits per heavy atom. The first kappa shape index (κ1) is 24.2. The summed E-state index contributed by atoms with van der Waals surface area (Å²) < 4.78 is 14.9. The average molecular weight is 412 g/mol. The van der Waals surface area contributed by atoms with Crippen molar-refractivity contribution in [2.45, 2.75) is 39.0 Å². The summed E-state index contributed by atoms with van der Waals surface area (Å²) in [6, 6.07) is 0. The van der Waals surface area contributed by atoms with Crippen molar-refractivity contribution in [3.8, 4) is 0 Å². The number of amides is 1. The number of isocyanates is 1. The molecule has 1 rings (SSSR count). The van der Waals surface area contributed by atoms with Gasteiger partial charge in [0.25, 0.3) is 0 Å². The lowest BCUT2D eigenvalue weighted by Crippen LogP contribution is -2.26. The minimum Gasteiger partial charge on any atom is -0.356 e. The van der Waals surface area contributed by atoms with Gasteiger partial charge in [0.15, 0.2) is 0 Å². The Balaban J connectivity index is 2.48. The average Bonchev–Trinajstić information content (AvgIpc) is 2.90. The monoisotopic (exact) mass is 412 g/mol. The molecular formula is C19H29N2O6P. The summed E-state index contributed by atoms with van der Waals surface area (Å²) in [6.45, 7) is 6.70. The van der Waals surface area contributed by atoms with Crippen molar-refractivity contribution < 1.29 is 28.5 Å². The molecule has 0 aromatic heterocycles. The van der Waals surface area contributed by atoms with E-state index in [-0.39, 0.29) is 24.3 Å². The molecule has 0 spiro atoms. The molecule has 28 heavy (non-hydrogen) atoms. The highest BCUT2D eigenvalue weighted by Crippen LogP contribution is 2.41. The zero-order valence-electron chi connectivity index (χ0n) is 16.2. The minimum absolute atomic E-state index is 0.113. The fourth-order valence-corrected chi connectivity index (χ4v) is 3.70. The third kappa shape index (κ3) is 9.40. The molecule has 0 heterocycles. The number of rotatable bonds is 13. The molecule has 0 bridgehead atoms. The minimum atomic E-state index is -4.46. The van der Waals surface area contributed by atoms with Gasteiger partial charge in [-0.2, -0.15) is 0 Å². The van der Waals surface area contributed by atoms with Crippen LogP contribution in [-0.2, 0) is 18.7 Å². The molecule has 8 nitrogen and oxygen atoms in total. The number of aliphatic imine (C=N–C) groups is 1. The quantitative estimate of drug-likeness (QED) is 0.185. The molecule has 2 atom stereocenters. The van der Waals surface area contributed by atoms with Crippen molar-refractivity contribution in [3.05, 3.63) is 36.0 Å². The van der Waals surface area contributed by atoms with E-state index in [1.165, 1.54) is 0 Å². The number of nitrogens with one attached hydrogen (secondary N) is 1. The molecule has 2 unspecified atom stereocenters. The van der Waals surface area contributed by atoms with E-state index < -0.39 is 7.82 Å². The number of phosphoric acid groups is 1. The van der Waals surface area contributed by atoms with Gasteiger partial charge in [-0.15, -0.1) is 0 Å². The Hall–Kier alpha value is -1.82. The summed E-state index contributed by atoms with van der Waals surface area (Å²) in [4.78, 5) is 43.1. The van der Waals surface area contributed by atoms with Crippen LogP contribution in [0.2, 0.25) is 0 Å². The largest absolute Gasteiger partial charge is 0.469 e. The smallest absolute Gasteiger partial charge is 0.356 e. The Bertz CT molecular complexity index is 691. The van der Waals surface area contributed by atoms with Gasteiger partial charge in [0.2, 0.25) is 12.0 Å². The van der Waals surface area contributed by atoms with E-state index in [0.717, 1.165) is 24.0 Å². The Morgan fingerprint density at radius 2 is 2.14 bits per heavy atom. The Morgan fingerprint density at radius 1 is 1.39 bits per heavy atom. The fourth-order valence-electron chi connectivity index (χ4n) is 3.33. The lowest BCUT2D eigenvalue weighted by molar-refractivity contribution is -0.121. The van der Waals surface area contributed by atoms with Crippen molar-refractivity contribution in [2.75, 3.05) is 19.7 Å². The second-order valence-electron chi connectivity index (χ2n) is 6.61. The van der Waals surface area contributed by atoms with Gasteiger partial charge in [-0.05, 0) is 50.0 Å². The van der Waals surface area contributed by atoms with Gasteiger partial charge in [-0.1, -0.05) is 30.4 Å². The number of carbonyl (C=O) groups is 1. The molecular weight excluding hydrogens is 383 g/mol. The maximum absolute atomic E-state index is 12.1. The van der Waals surface area contributed by atoms with Gasteiger partial charge < -0.3 is 15.1 Å². The first-order valence-corrected chi connectivity index (χ1v) is 10.8. The number of phosphoric ester groups is 1. The molecule has 1 amide bonds. The zero-order chi connectivity index (χ0) is 21.0. The van der Waals surface area contributed by atoms with E-state index in [4.69, 9.17) is 9.79 Å². The van der Waals surface area contributed by atoms with Crippen molar-refractivity contribution in [3.63, 3.8) is 0 Å². The second kappa shape index (κ2) is 12.6. The summed E-state index contributed by atoms with van der Waals surface area (Å²) in [5.74, 6) is 0.294. The predicted octanol–water partition coefficient (Wildman–Crippen LogP) is 2.80. The van der Waals surface area contributed by atoms with E-state index in [1.54, 1.807) is 6.08 Å². The lowest BCUT2D eigenvalue weighted by atomic mass is 9.82. The molecule has 9 heteroatoms. The molecule has 0 aromatic carbocycles. The van der Waals surface area contributed by atoms with Crippen LogP contribution in [0.25, 0.3) is 0 Å². The first-order chi connectivity index (χ1) is 13.3. The van der Waals surface area contributed by atoms with Crippen LogP contribution in [0.15, 0.2) is 40.9 Å². The third-order valence-corrected chi connectivity index (χ3v) is 5.05. The third-order valence-electron chi connectivity index (χ3n) is 4.54. The molecule has 3 N–H and O–H groups in total. The normalized spacial score (nSPS) is 19.5. The van der Waals surface area contributed by atoms with Crippen LogP contribution in [0.4, 0.5) is 0 Å². The summed E-state index contributed by atoms with van der Waals surface area (Å²) >= 11 is 0. The van der Waals surface area contributed by atoms with Crippen molar-refractivity contribution in [1.82, 2.24) is 5.32 Å². The molecule has 0 fully saturated rings. The molecule has 0 aliphatic heterocycles. The summed E-state index contributed by atoms with van der Waals surface area (Å²) in [5, 5.41) is 2.74. The molecule has 156 valence electrons. The summed E-state index contributed by atoms with van der Waals surface area (Å²) in [5.41, 5.74) is 2.18. The van der Waals surface area contributed by atoms with E-state index in [2.05, 4.69) is 27.5 Å². The molecule has 0 saturated carbocycles. The SMILES string of the molecule is C=C1C=C(/C=C\C)C(CCC(=O)NCCCOP(=O)(O)O)C1CCCN=C=O. The van der Waals surface area contributed by atoms with Gasteiger partial charge in [0, 0.05) is 13.0 Å². The van der Waals surface area contributed by atoms with Gasteiger partial charge in [0.05, 0.1) is 13.2 Å². The molecule has 1 aliphatic carbocycles. The molecule has 0 radical (unpaired) electrons. The maximum Gasteiger partial charge on any atom is 0.469 e. The second-order valence-corrected chi connectivity index (χ2v) is 7.85. The number of hydrogen-bond donors (Lipinski definition) is 3. The van der Waals surface area contributed by atoms with E-state index in [1.807, 2.05) is 19.1 Å². The number of carbonyl (C=O) groups excluding carboxylic acids is 2. The van der Waals surface area contributed by atoms with E-state index >= 15 is 0 Å². The maximum atomic E-state index is 12.1. The van der Waals surface area contributed by atoms with Crippen molar-refractivity contribution in [2.24, 2.45) is 16.8 Å². The highest BCUT2D eigenvalue weighted by Gasteiger charge is 2.30. The number of nitrogens with zero attached hydrogens (tertiary/aromatic N) is 1. The Kier molecular flexibility index (Phi) is 10.9.